The average Bonchev–Trinajstić information content (AvgIpc) is 2.29. The van der Waals surface area contributed by atoms with Crippen LogP contribution in [0.1, 0.15) is 24.0 Å². The van der Waals surface area contributed by atoms with Gasteiger partial charge < -0.3 is 10.4 Å². The second-order valence-electron chi connectivity index (χ2n) is 3.48. The van der Waals surface area contributed by atoms with Crippen LogP contribution in [-0.2, 0) is 11.2 Å². The Kier molecular flexibility index (Phi) is 4.34. The van der Waals surface area contributed by atoms with E-state index < -0.39 is 5.97 Å². The fourth-order valence-electron chi connectivity index (χ4n) is 1.53. The molecule has 0 aliphatic rings. The van der Waals surface area contributed by atoms with Crippen LogP contribution in [0.25, 0.3) is 0 Å². The molecule has 0 aromatic heterocycles. The first-order valence-corrected chi connectivity index (χ1v) is 5.10. The molecule has 16 heavy (non-hydrogen) atoms. The van der Waals surface area contributed by atoms with Crippen molar-refractivity contribution in [3.8, 4) is 6.07 Å². The van der Waals surface area contributed by atoms with E-state index in [0.29, 0.717) is 18.4 Å². The monoisotopic (exact) mass is 218 g/mol. The Morgan fingerprint density at radius 1 is 1.56 bits per heavy atom. The predicted octanol–water partition coefficient (Wildman–Crippen LogP) is 2.01. The summed E-state index contributed by atoms with van der Waals surface area (Å²) in [7, 11) is 1.79. The molecule has 2 N–H and O–H groups in total. The van der Waals surface area contributed by atoms with Crippen LogP contribution < -0.4 is 5.32 Å². The van der Waals surface area contributed by atoms with Crippen LogP contribution in [0.4, 0.5) is 5.69 Å². The number of benzene rings is 1. The zero-order chi connectivity index (χ0) is 12.0. The third kappa shape index (κ3) is 3.28. The molecular formula is C12H14N2O2. The van der Waals surface area contributed by atoms with Crippen molar-refractivity contribution in [1.29, 1.82) is 5.26 Å². The van der Waals surface area contributed by atoms with E-state index in [9.17, 15) is 4.79 Å². The van der Waals surface area contributed by atoms with Gasteiger partial charge in [-0.25, -0.2) is 0 Å². The maximum absolute atomic E-state index is 10.4. The van der Waals surface area contributed by atoms with Crippen LogP contribution in [-0.4, -0.2) is 18.1 Å². The summed E-state index contributed by atoms with van der Waals surface area (Å²) >= 11 is 0. The molecular weight excluding hydrogens is 204 g/mol. The molecule has 0 saturated carbocycles. The molecule has 0 heterocycles. The van der Waals surface area contributed by atoms with Gasteiger partial charge in [0.2, 0.25) is 0 Å². The normalized spacial score (nSPS) is 9.50. The molecule has 0 atom stereocenters. The molecule has 4 heteroatoms. The van der Waals surface area contributed by atoms with E-state index in [1.807, 2.05) is 6.07 Å². The topological polar surface area (TPSA) is 73.1 Å². The number of aliphatic carboxylic acids is 1. The highest BCUT2D eigenvalue weighted by Gasteiger charge is 2.04. The number of nitrogens with zero attached hydrogens (tertiary/aromatic N) is 1. The maximum atomic E-state index is 10.4. The Morgan fingerprint density at radius 2 is 2.31 bits per heavy atom. The minimum absolute atomic E-state index is 0.170. The number of carboxylic acid groups (broad SMARTS) is 1. The standard InChI is InChI=1S/C12H14N2O2/c1-14-11-7-9(8-13)5-6-10(11)3-2-4-12(15)16/h5-7,14H,2-4H2,1H3,(H,15,16). The molecule has 1 aromatic rings. The highest BCUT2D eigenvalue weighted by Crippen LogP contribution is 2.19. The number of nitriles is 1. The molecule has 1 rings (SSSR count). The lowest BCUT2D eigenvalue weighted by molar-refractivity contribution is -0.137. The average molecular weight is 218 g/mol. The number of carboxylic acids is 1. The number of nitrogens with one attached hydrogen (secondary N) is 1. The molecule has 0 amide bonds. The summed E-state index contributed by atoms with van der Waals surface area (Å²) in [4.78, 5) is 10.4. The van der Waals surface area contributed by atoms with Crippen molar-refractivity contribution in [2.24, 2.45) is 0 Å². The van der Waals surface area contributed by atoms with Crippen molar-refractivity contribution in [2.75, 3.05) is 12.4 Å². The van der Waals surface area contributed by atoms with Gasteiger partial charge in [0, 0.05) is 19.2 Å². The molecule has 84 valence electrons. The fraction of sp³-hybridized carbons (Fsp3) is 0.333. The minimum atomic E-state index is -0.778. The number of carbonyl (C=O) groups is 1. The van der Waals surface area contributed by atoms with E-state index in [1.165, 1.54) is 0 Å². The van der Waals surface area contributed by atoms with E-state index in [2.05, 4.69) is 11.4 Å². The van der Waals surface area contributed by atoms with Gasteiger partial charge in [0.25, 0.3) is 0 Å². The minimum Gasteiger partial charge on any atom is -0.481 e. The Balaban J connectivity index is 2.72. The lowest BCUT2D eigenvalue weighted by atomic mass is 10.0. The fourth-order valence-corrected chi connectivity index (χ4v) is 1.53. The van der Waals surface area contributed by atoms with E-state index in [1.54, 1.807) is 19.2 Å². The molecule has 0 fully saturated rings. The Bertz CT molecular complexity index is 422. The Labute approximate surface area is 94.5 Å². The summed E-state index contributed by atoms with van der Waals surface area (Å²) < 4.78 is 0. The van der Waals surface area contributed by atoms with Crippen molar-refractivity contribution in [3.63, 3.8) is 0 Å². The lowest BCUT2D eigenvalue weighted by Crippen LogP contribution is -1.99. The zero-order valence-electron chi connectivity index (χ0n) is 9.16. The molecule has 0 radical (unpaired) electrons. The van der Waals surface area contributed by atoms with Crippen LogP contribution >= 0.6 is 0 Å². The third-order valence-corrected chi connectivity index (χ3v) is 2.35. The Hall–Kier alpha value is -2.02. The van der Waals surface area contributed by atoms with Crippen molar-refractivity contribution in [1.82, 2.24) is 0 Å². The molecule has 0 unspecified atom stereocenters. The van der Waals surface area contributed by atoms with Crippen LogP contribution in [0.15, 0.2) is 18.2 Å². The van der Waals surface area contributed by atoms with Crippen LogP contribution in [0.5, 0.6) is 0 Å². The smallest absolute Gasteiger partial charge is 0.303 e. The van der Waals surface area contributed by atoms with Crippen LogP contribution in [0.3, 0.4) is 0 Å². The van der Waals surface area contributed by atoms with Crippen LogP contribution in [0, 0.1) is 11.3 Å². The number of hydrogen-bond acceptors (Lipinski definition) is 3. The van der Waals surface area contributed by atoms with E-state index in [-0.39, 0.29) is 6.42 Å². The molecule has 0 saturated heterocycles. The summed E-state index contributed by atoms with van der Waals surface area (Å²) in [6.07, 6.45) is 1.48. The van der Waals surface area contributed by atoms with E-state index in [0.717, 1.165) is 11.3 Å². The van der Waals surface area contributed by atoms with Gasteiger partial charge in [-0.15, -0.1) is 0 Å². The van der Waals surface area contributed by atoms with Crippen molar-refractivity contribution >= 4 is 11.7 Å². The van der Waals surface area contributed by atoms with Gasteiger partial charge in [0.15, 0.2) is 0 Å². The van der Waals surface area contributed by atoms with Gasteiger partial charge in [0.1, 0.15) is 0 Å². The van der Waals surface area contributed by atoms with Gasteiger partial charge >= 0.3 is 5.97 Å². The van der Waals surface area contributed by atoms with E-state index >= 15 is 0 Å². The summed E-state index contributed by atoms with van der Waals surface area (Å²) in [5.74, 6) is -0.778. The van der Waals surface area contributed by atoms with Crippen molar-refractivity contribution in [3.05, 3.63) is 29.3 Å². The second-order valence-corrected chi connectivity index (χ2v) is 3.48. The number of rotatable bonds is 5. The van der Waals surface area contributed by atoms with Crippen molar-refractivity contribution < 1.29 is 9.90 Å². The third-order valence-electron chi connectivity index (χ3n) is 2.35. The summed E-state index contributed by atoms with van der Waals surface area (Å²) in [5.41, 5.74) is 2.54. The van der Waals surface area contributed by atoms with Gasteiger partial charge in [-0.1, -0.05) is 6.07 Å². The second kappa shape index (κ2) is 5.76. The number of hydrogen-bond donors (Lipinski definition) is 2. The SMILES string of the molecule is CNc1cc(C#N)ccc1CCCC(=O)O. The summed E-state index contributed by atoms with van der Waals surface area (Å²) in [6, 6.07) is 7.46. The first kappa shape index (κ1) is 12.1. The predicted molar refractivity (Wildman–Crippen MR) is 61.3 cm³/mol. The molecule has 1 aromatic carbocycles. The Morgan fingerprint density at radius 3 is 2.88 bits per heavy atom. The van der Waals surface area contributed by atoms with Gasteiger partial charge in [0.05, 0.1) is 11.6 Å². The van der Waals surface area contributed by atoms with Crippen molar-refractivity contribution in [2.45, 2.75) is 19.3 Å². The molecule has 0 aliphatic heterocycles. The lowest BCUT2D eigenvalue weighted by Gasteiger charge is -2.08. The summed E-state index contributed by atoms with van der Waals surface area (Å²) in [5, 5.41) is 20.3. The largest absolute Gasteiger partial charge is 0.481 e. The summed E-state index contributed by atoms with van der Waals surface area (Å²) in [6.45, 7) is 0. The molecule has 0 aliphatic carbocycles. The first-order valence-electron chi connectivity index (χ1n) is 5.10. The number of anilines is 1. The van der Waals surface area contributed by atoms with E-state index in [4.69, 9.17) is 10.4 Å². The molecule has 0 bridgehead atoms. The molecule has 4 nitrogen and oxygen atoms in total. The van der Waals surface area contributed by atoms with Gasteiger partial charge in [-0.2, -0.15) is 5.26 Å². The first-order chi connectivity index (χ1) is 7.67. The van der Waals surface area contributed by atoms with Crippen LogP contribution in [0.2, 0.25) is 0 Å². The highest BCUT2D eigenvalue weighted by molar-refractivity contribution is 5.66. The zero-order valence-corrected chi connectivity index (χ0v) is 9.16. The number of aryl methyl sites for hydroxylation is 1. The highest BCUT2D eigenvalue weighted by atomic mass is 16.4. The van der Waals surface area contributed by atoms with Gasteiger partial charge in [-0.05, 0) is 30.5 Å². The quantitative estimate of drug-likeness (QED) is 0.792. The van der Waals surface area contributed by atoms with Gasteiger partial charge in [-0.3, -0.25) is 4.79 Å². The maximum Gasteiger partial charge on any atom is 0.303 e. The molecule has 0 spiro atoms.